The zero-order valence-corrected chi connectivity index (χ0v) is 18.8. The number of carboxylic acid groups (broad SMARTS) is 1. The molecule has 0 atom stereocenters. The van der Waals surface area contributed by atoms with E-state index in [-0.39, 0.29) is 35.4 Å². The zero-order valence-electron chi connectivity index (χ0n) is 18.0. The lowest BCUT2D eigenvalue weighted by molar-refractivity contribution is -0.192. The van der Waals surface area contributed by atoms with Gasteiger partial charge in [-0.15, -0.1) is 0 Å². The Kier molecular flexibility index (Phi) is 8.68. The third-order valence-electron chi connectivity index (χ3n) is 4.24. The van der Waals surface area contributed by atoms with E-state index in [2.05, 4.69) is 15.0 Å². The van der Waals surface area contributed by atoms with Crippen LogP contribution in [0.1, 0.15) is 22.8 Å². The summed E-state index contributed by atoms with van der Waals surface area (Å²) in [5.74, 6) is -3.29. The molecule has 0 aliphatic rings. The largest absolute Gasteiger partial charge is 0.490 e. The van der Waals surface area contributed by atoms with E-state index in [0.717, 1.165) is 12.1 Å². The number of ether oxygens (including phenoxy) is 1. The Hall–Kier alpha value is -3.81. The minimum atomic E-state index is -5.08. The molecule has 1 aromatic carbocycles. The molecule has 0 amide bonds. The number of benzene rings is 1. The average Bonchev–Trinajstić information content (AvgIpc) is 2.75. The fourth-order valence-electron chi connectivity index (χ4n) is 2.48. The van der Waals surface area contributed by atoms with Crippen LogP contribution in [0.4, 0.5) is 27.8 Å². The first-order valence-electron chi connectivity index (χ1n) is 9.42. The molecular formula is C20H17ClF5N5O4. The predicted molar refractivity (Wildman–Crippen MR) is 113 cm³/mol. The first kappa shape index (κ1) is 27.4. The van der Waals surface area contributed by atoms with Crippen molar-refractivity contribution in [3.05, 3.63) is 74.2 Å². The van der Waals surface area contributed by atoms with Gasteiger partial charge in [-0.1, -0.05) is 11.6 Å². The molecule has 0 saturated heterocycles. The van der Waals surface area contributed by atoms with Crippen molar-refractivity contribution >= 4 is 23.4 Å². The third kappa shape index (κ3) is 7.34. The number of rotatable bonds is 5. The molecule has 3 aromatic rings. The SMILES string of the molecule is Cc1ncc(Cn2c(C)nc(OCc3ccc(F)cc3F)c(Cl)c2=O)c(N)n1.O=C(O)C(F)(F)F. The summed E-state index contributed by atoms with van der Waals surface area (Å²) in [6.07, 6.45) is -3.56. The van der Waals surface area contributed by atoms with Crippen LogP contribution >= 0.6 is 11.6 Å². The van der Waals surface area contributed by atoms with Gasteiger partial charge in [0.15, 0.2) is 5.02 Å². The molecule has 2 heterocycles. The fraction of sp³-hybridized carbons (Fsp3) is 0.250. The zero-order chi connectivity index (χ0) is 26.5. The van der Waals surface area contributed by atoms with Crippen LogP contribution in [0.3, 0.4) is 0 Å². The van der Waals surface area contributed by atoms with E-state index in [0.29, 0.717) is 17.2 Å². The molecule has 0 aliphatic carbocycles. The van der Waals surface area contributed by atoms with Gasteiger partial charge in [0.2, 0.25) is 5.88 Å². The summed E-state index contributed by atoms with van der Waals surface area (Å²) >= 11 is 6.10. The number of anilines is 1. The number of carboxylic acids is 1. The molecule has 0 fully saturated rings. The van der Waals surface area contributed by atoms with E-state index in [1.807, 2.05) is 0 Å². The van der Waals surface area contributed by atoms with Crippen LogP contribution in [0.25, 0.3) is 0 Å². The highest BCUT2D eigenvalue weighted by Gasteiger charge is 2.38. The molecule has 0 bridgehead atoms. The minimum absolute atomic E-state index is 0.0797. The number of hydrogen-bond donors (Lipinski definition) is 2. The number of nitrogens with two attached hydrogens (primary N) is 1. The van der Waals surface area contributed by atoms with Gasteiger partial charge in [-0.05, 0) is 26.0 Å². The van der Waals surface area contributed by atoms with Crippen LogP contribution in [0, 0.1) is 25.5 Å². The van der Waals surface area contributed by atoms with E-state index in [9.17, 15) is 26.7 Å². The number of nitrogens with zero attached hydrogens (tertiary/aromatic N) is 4. The third-order valence-corrected chi connectivity index (χ3v) is 4.57. The monoisotopic (exact) mass is 521 g/mol. The molecule has 3 rings (SSSR count). The summed E-state index contributed by atoms with van der Waals surface area (Å²) in [6, 6.07) is 3.09. The van der Waals surface area contributed by atoms with Gasteiger partial charge in [0.05, 0.1) is 6.54 Å². The van der Waals surface area contributed by atoms with E-state index in [1.54, 1.807) is 13.8 Å². The Morgan fingerprint density at radius 1 is 1.20 bits per heavy atom. The van der Waals surface area contributed by atoms with Crippen molar-refractivity contribution < 1.29 is 36.6 Å². The molecule has 188 valence electrons. The Labute approximate surface area is 199 Å². The molecular weight excluding hydrogens is 505 g/mol. The summed E-state index contributed by atoms with van der Waals surface area (Å²) < 4.78 is 65.1. The first-order chi connectivity index (χ1) is 16.2. The molecule has 15 heteroatoms. The molecule has 0 spiro atoms. The number of nitrogen functional groups attached to an aromatic ring is 1. The number of aryl methyl sites for hydroxylation is 2. The van der Waals surface area contributed by atoms with Crippen molar-refractivity contribution in [2.75, 3.05) is 5.73 Å². The van der Waals surface area contributed by atoms with Gasteiger partial charge in [-0.3, -0.25) is 9.36 Å². The molecule has 2 aromatic heterocycles. The average molecular weight is 522 g/mol. The second-order valence-corrected chi connectivity index (χ2v) is 7.20. The Balaban J connectivity index is 0.000000540. The second-order valence-electron chi connectivity index (χ2n) is 6.82. The molecule has 0 aliphatic heterocycles. The van der Waals surface area contributed by atoms with Crippen LogP contribution in [0.15, 0.2) is 29.2 Å². The molecule has 35 heavy (non-hydrogen) atoms. The quantitative estimate of drug-likeness (QED) is 0.488. The summed E-state index contributed by atoms with van der Waals surface area (Å²) in [5, 5.41) is 6.86. The first-order valence-corrected chi connectivity index (χ1v) is 9.80. The summed E-state index contributed by atoms with van der Waals surface area (Å²) in [4.78, 5) is 33.8. The van der Waals surface area contributed by atoms with Crippen LogP contribution in [0.5, 0.6) is 5.88 Å². The molecule has 0 radical (unpaired) electrons. The number of hydrogen-bond acceptors (Lipinski definition) is 7. The maximum Gasteiger partial charge on any atom is 0.490 e. The Bertz CT molecular complexity index is 1300. The van der Waals surface area contributed by atoms with Crippen molar-refractivity contribution in [1.82, 2.24) is 19.5 Å². The lowest BCUT2D eigenvalue weighted by atomic mass is 10.2. The number of alkyl halides is 3. The normalized spacial score (nSPS) is 11.0. The van der Waals surface area contributed by atoms with Crippen molar-refractivity contribution in [1.29, 1.82) is 0 Å². The van der Waals surface area contributed by atoms with Gasteiger partial charge in [-0.25, -0.2) is 23.5 Å². The maximum atomic E-state index is 13.7. The molecule has 9 nitrogen and oxygen atoms in total. The molecule has 0 saturated carbocycles. The van der Waals surface area contributed by atoms with Crippen molar-refractivity contribution in [3.63, 3.8) is 0 Å². The minimum Gasteiger partial charge on any atom is -0.475 e. The van der Waals surface area contributed by atoms with Crippen LogP contribution in [0.2, 0.25) is 5.02 Å². The topological polar surface area (TPSA) is 133 Å². The van der Waals surface area contributed by atoms with E-state index < -0.39 is 29.3 Å². The number of aromatic nitrogens is 4. The highest BCUT2D eigenvalue weighted by molar-refractivity contribution is 6.31. The van der Waals surface area contributed by atoms with Gasteiger partial charge in [0, 0.05) is 23.4 Å². The maximum absolute atomic E-state index is 13.7. The van der Waals surface area contributed by atoms with Gasteiger partial charge in [0.1, 0.15) is 35.7 Å². The number of carbonyl (C=O) groups is 1. The van der Waals surface area contributed by atoms with E-state index in [4.69, 9.17) is 32.0 Å². The van der Waals surface area contributed by atoms with Crippen LogP contribution in [-0.4, -0.2) is 36.8 Å². The standard InChI is InChI=1S/C18H16ClF2N5O2.C2HF3O2/c1-9-23-6-12(16(22)24-9)7-26-10(2)25-17(15(19)18(26)27)28-8-11-3-4-13(20)5-14(11)21;3-2(4,5)1(6)7/h3-6H,7-8H2,1-2H3,(H2,22,23,24);(H,6,7). The smallest absolute Gasteiger partial charge is 0.475 e. The number of aliphatic carboxylic acids is 1. The van der Waals surface area contributed by atoms with Crippen molar-refractivity contribution in [2.45, 2.75) is 33.2 Å². The van der Waals surface area contributed by atoms with Gasteiger partial charge in [0.25, 0.3) is 5.56 Å². The lowest BCUT2D eigenvalue weighted by Gasteiger charge is -2.14. The van der Waals surface area contributed by atoms with Gasteiger partial charge < -0.3 is 15.6 Å². The fourth-order valence-corrected chi connectivity index (χ4v) is 2.68. The van der Waals surface area contributed by atoms with Crippen LogP contribution < -0.4 is 16.0 Å². The van der Waals surface area contributed by atoms with Crippen LogP contribution in [-0.2, 0) is 17.9 Å². The number of halogens is 6. The lowest BCUT2D eigenvalue weighted by Crippen LogP contribution is -2.26. The summed E-state index contributed by atoms with van der Waals surface area (Å²) in [7, 11) is 0. The van der Waals surface area contributed by atoms with E-state index in [1.165, 1.54) is 16.8 Å². The predicted octanol–water partition coefficient (Wildman–Crippen LogP) is 3.42. The Morgan fingerprint density at radius 3 is 2.37 bits per heavy atom. The van der Waals surface area contributed by atoms with Crippen molar-refractivity contribution in [3.8, 4) is 5.88 Å². The second kappa shape index (κ2) is 11.1. The molecule has 0 unspecified atom stereocenters. The summed E-state index contributed by atoms with van der Waals surface area (Å²) in [6.45, 7) is 3.11. The Morgan fingerprint density at radius 2 is 1.83 bits per heavy atom. The summed E-state index contributed by atoms with van der Waals surface area (Å²) in [5.41, 5.74) is 5.96. The highest BCUT2D eigenvalue weighted by atomic mass is 35.5. The van der Waals surface area contributed by atoms with Crippen molar-refractivity contribution in [2.24, 2.45) is 0 Å². The van der Waals surface area contributed by atoms with Gasteiger partial charge in [-0.2, -0.15) is 18.2 Å². The van der Waals surface area contributed by atoms with E-state index >= 15 is 0 Å². The molecule has 3 N–H and O–H groups in total. The highest BCUT2D eigenvalue weighted by Crippen LogP contribution is 2.21. The van der Waals surface area contributed by atoms with Gasteiger partial charge >= 0.3 is 12.1 Å².